The lowest BCUT2D eigenvalue weighted by molar-refractivity contribution is -0.133. The molecular weight excluding hydrogens is 454 g/mol. The van der Waals surface area contributed by atoms with Gasteiger partial charge in [-0.05, 0) is 30.7 Å². The molecule has 1 unspecified atom stereocenters. The predicted molar refractivity (Wildman–Crippen MR) is 130 cm³/mol. The fourth-order valence-electron chi connectivity index (χ4n) is 3.89. The van der Waals surface area contributed by atoms with Crippen molar-refractivity contribution in [2.24, 2.45) is 5.10 Å². The van der Waals surface area contributed by atoms with E-state index in [0.717, 1.165) is 22.4 Å². The number of ether oxygens (including phenoxy) is 1. The number of hydrazone groups is 1. The zero-order valence-corrected chi connectivity index (χ0v) is 19.9. The zero-order chi connectivity index (χ0) is 24.1. The first-order valence-electron chi connectivity index (χ1n) is 11.0. The van der Waals surface area contributed by atoms with Gasteiger partial charge in [-0.15, -0.1) is 0 Å². The van der Waals surface area contributed by atoms with Gasteiger partial charge in [0.1, 0.15) is 6.54 Å². The van der Waals surface area contributed by atoms with Gasteiger partial charge in [0.2, 0.25) is 0 Å². The number of rotatable bonds is 8. The Morgan fingerprint density at radius 1 is 1.15 bits per heavy atom. The fourth-order valence-corrected chi connectivity index (χ4v) is 4.14. The number of nitrogens with zero attached hydrogens (tertiary/aromatic N) is 3. The molecule has 2 amide bonds. The third kappa shape index (κ3) is 5.21. The minimum Gasteiger partial charge on any atom is -0.459 e. The molecule has 0 N–H and O–H groups in total. The van der Waals surface area contributed by atoms with Crippen LogP contribution < -0.4 is 0 Å². The Morgan fingerprint density at radius 3 is 2.59 bits per heavy atom. The molecule has 1 aromatic heterocycles. The summed E-state index contributed by atoms with van der Waals surface area (Å²) in [5, 5.41) is 6.73. The first-order valence-corrected chi connectivity index (χ1v) is 11.4. The predicted octanol–water partition coefficient (Wildman–Crippen LogP) is 4.71. The molecule has 1 atom stereocenters. The number of amides is 2. The first kappa shape index (κ1) is 23.7. The van der Waals surface area contributed by atoms with E-state index in [9.17, 15) is 9.59 Å². The van der Waals surface area contributed by atoms with Crippen LogP contribution in [0.1, 0.15) is 39.7 Å². The summed E-state index contributed by atoms with van der Waals surface area (Å²) in [6.45, 7) is 2.38. The molecule has 0 fully saturated rings. The van der Waals surface area contributed by atoms with Crippen LogP contribution in [0.3, 0.4) is 0 Å². The van der Waals surface area contributed by atoms with E-state index < -0.39 is 0 Å². The summed E-state index contributed by atoms with van der Waals surface area (Å²) in [5.41, 5.74) is 3.61. The molecule has 176 valence electrons. The summed E-state index contributed by atoms with van der Waals surface area (Å²) in [4.78, 5) is 27.9. The molecule has 4 rings (SSSR count). The highest BCUT2D eigenvalue weighted by atomic mass is 35.5. The molecule has 3 aromatic rings. The standard InChI is InChI=1S/C26H26ClN3O4/c1-18-9-11-19(12-10-18)23-16-22(20-6-3-4-7-21(20)27)28-30(23)25(31)17-29(13-15-33-2)26(32)24-8-5-14-34-24/h3-12,14,23H,13,15-17H2,1-2H3. The van der Waals surface area contributed by atoms with Crippen molar-refractivity contribution in [3.05, 3.63) is 94.4 Å². The first-order chi connectivity index (χ1) is 16.5. The molecule has 0 saturated carbocycles. The van der Waals surface area contributed by atoms with Crippen molar-refractivity contribution < 1.29 is 18.7 Å². The van der Waals surface area contributed by atoms with E-state index in [-0.39, 0.29) is 43.3 Å². The molecule has 0 saturated heterocycles. The second-order valence-electron chi connectivity index (χ2n) is 8.09. The number of halogens is 1. The fraction of sp³-hybridized carbons (Fsp3) is 0.269. The number of hydrogen-bond donors (Lipinski definition) is 0. The molecule has 7 nitrogen and oxygen atoms in total. The molecule has 1 aliphatic heterocycles. The number of carbonyl (C=O) groups excluding carboxylic acids is 2. The normalized spacial score (nSPS) is 15.3. The molecule has 34 heavy (non-hydrogen) atoms. The molecule has 2 aromatic carbocycles. The molecule has 1 aliphatic rings. The van der Waals surface area contributed by atoms with Gasteiger partial charge in [0.25, 0.3) is 11.8 Å². The maximum atomic E-state index is 13.5. The molecule has 0 radical (unpaired) electrons. The number of furan rings is 1. The second kappa shape index (κ2) is 10.7. The van der Waals surface area contributed by atoms with Crippen LogP contribution in [0, 0.1) is 6.92 Å². The maximum Gasteiger partial charge on any atom is 0.290 e. The van der Waals surface area contributed by atoms with Crippen molar-refractivity contribution in [1.29, 1.82) is 0 Å². The van der Waals surface area contributed by atoms with Gasteiger partial charge in [0.05, 0.1) is 24.6 Å². The third-order valence-corrected chi connectivity index (χ3v) is 6.05. The highest BCUT2D eigenvalue weighted by molar-refractivity contribution is 6.34. The summed E-state index contributed by atoms with van der Waals surface area (Å²) < 4.78 is 10.4. The number of methoxy groups -OCH3 is 1. The average Bonchev–Trinajstić information content (AvgIpc) is 3.53. The summed E-state index contributed by atoms with van der Waals surface area (Å²) in [6, 6.07) is 18.4. The lowest BCUT2D eigenvalue weighted by Crippen LogP contribution is -2.42. The van der Waals surface area contributed by atoms with Gasteiger partial charge in [-0.25, -0.2) is 5.01 Å². The molecule has 0 bridgehead atoms. The van der Waals surface area contributed by atoms with E-state index in [1.54, 1.807) is 25.3 Å². The van der Waals surface area contributed by atoms with Crippen molar-refractivity contribution in [2.45, 2.75) is 19.4 Å². The van der Waals surface area contributed by atoms with E-state index in [0.29, 0.717) is 11.4 Å². The Balaban J connectivity index is 1.63. The lowest BCUT2D eigenvalue weighted by Gasteiger charge is -2.26. The Hall–Kier alpha value is -3.42. The Labute approximate surface area is 203 Å². The van der Waals surface area contributed by atoms with Crippen molar-refractivity contribution in [3.8, 4) is 0 Å². The van der Waals surface area contributed by atoms with Crippen molar-refractivity contribution in [2.75, 3.05) is 26.8 Å². The van der Waals surface area contributed by atoms with Gasteiger partial charge >= 0.3 is 0 Å². The topological polar surface area (TPSA) is 75.3 Å². The second-order valence-corrected chi connectivity index (χ2v) is 8.50. The van der Waals surface area contributed by atoms with Gasteiger partial charge in [-0.2, -0.15) is 5.10 Å². The molecule has 2 heterocycles. The van der Waals surface area contributed by atoms with Crippen molar-refractivity contribution in [1.82, 2.24) is 9.91 Å². The molecular formula is C26H26ClN3O4. The zero-order valence-electron chi connectivity index (χ0n) is 19.1. The minimum atomic E-state index is -0.378. The summed E-state index contributed by atoms with van der Waals surface area (Å²) in [7, 11) is 1.55. The van der Waals surface area contributed by atoms with E-state index in [4.69, 9.17) is 20.8 Å². The largest absolute Gasteiger partial charge is 0.459 e. The van der Waals surface area contributed by atoms with Crippen LogP contribution in [0.25, 0.3) is 0 Å². The lowest BCUT2D eigenvalue weighted by atomic mass is 9.97. The smallest absolute Gasteiger partial charge is 0.290 e. The van der Waals surface area contributed by atoms with Gasteiger partial charge in [0, 0.05) is 30.7 Å². The van der Waals surface area contributed by atoms with Crippen LogP contribution in [0.2, 0.25) is 5.02 Å². The summed E-state index contributed by atoms with van der Waals surface area (Å²) in [5.74, 6) is -0.513. The Morgan fingerprint density at radius 2 is 1.91 bits per heavy atom. The van der Waals surface area contributed by atoms with E-state index in [1.165, 1.54) is 16.2 Å². The number of aryl methyl sites for hydroxylation is 1. The average molecular weight is 480 g/mol. The van der Waals surface area contributed by atoms with Crippen LogP contribution >= 0.6 is 11.6 Å². The third-order valence-electron chi connectivity index (χ3n) is 5.72. The van der Waals surface area contributed by atoms with Crippen LogP contribution in [0.15, 0.2) is 76.4 Å². The summed E-state index contributed by atoms with van der Waals surface area (Å²) >= 11 is 6.42. The van der Waals surface area contributed by atoms with E-state index >= 15 is 0 Å². The monoisotopic (exact) mass is 479 g/mol. The van der Waals surface area contributed by atoms with E-state index in [2.05, 4.69) is 5.10 Å². The highest BCUT2D eigenvalue weighted by Crippen LogP contribution is 2.34. The number of carbonyl (C=O) groups is 2. The Bertz CT molecular complexity index is 1180. The highest BCUT2D eigenvalue weighted by Gasteiger charge is 2.35. The molecule has 0 aliphatic carbocycles. The van der Waals surface area contributed by atoms with Crippen LogP contribution in [0.5, 0.6) is 0 Å². The quantitative estimate of drug-likeness (QED) is 0.469. The summed E-state index contributed by atoms with van der Waals surface area (Å²) in [6.07, 6.45) is 1.94. The molecule has 0 spiro atoms. The van der Waals surface area contributed by atoms with Crippen LogP contribution in [0.4, 0.5) is 0 Å². The van der Waals surface area contributed by atoms with Crippen molar-refractivity contribution >= 4 is 29.1 Å². The van der Waals surface area contributed by atoms with Crippen LogP contribution in [-0.2, 0) is 9.53 Å². The number of hydrogen-bond acceptors (Lipinski definition) is 5. The minimum absolute atomic E-state index is 0.162. The maximum absolute atomic E-state index is 13.5. The van der Waals surface area contributed by atoms with Gasteiger partial charge in [0.15, 0.2) is 5.76 Å². The van der Waals surface area contributed by atoms with E-state index in [1.807, 2.05) is 49.4 Å². The van der Waals surface area contributed by atoms with Crippen LogP contribution in [-0.4, -0.2) is 54.2 Å². The van der Waals surface area contributed by atoms with Gasteiger partial charge < -0.3 is 14.1 Å². The number of benzene rings is 2. The molecule has 8 heteroatoms. The Kier molecular flexibility index (Phi) is 7.45. The van der Waals surface area contributed by atoms with Gasteiger partial charge in [-0.1, -0.05) is 59.6 Å². The van der Waals surface area contributed by atoms with Gasteiger partial charge in [-0.3, -0.25) is 9.59 Å². The van der Waals surface area contributed by atoms with Crippen molar-refractivity contribution in [3.63, 3.8) is 0 Å². The SMILES string of the molecule is COCCN(CC(=O)N1N=C(c2ccccc2Cl)CC1c1ccc(C)cc1)C(=O)c1ccco1.